The van der Waals surface area contributed by atoms with E-state index in [2.05, 4.69) is 29.5 Å². The summed E-state index contributed by atoms with van der Waals surface area (Å²) in [4.78, 5) is 4.34. The van der Waals surface area contributed by atoms with E-state index in [9.17, 15) is 0 Å². The van der Waals surface area contributed by atoms with Gasteiger partial charge >= 0.3 is 0 Å². The first kappa shape index (κ1) is 13.0. The van der Waals surface area contributed by atoms with Crippen LogP contribution in [0.5, 0.6) is 0 Å². The average Bonchev–Trinajstić information content (AvgIpc) is 2.38. The van der Waals surface area contributed by atoms with Gasteiger partial charge in [0, 0.05) is 23.3 Å². The molecule has 2 aromatic rings. The van der Waals surface area contributed by atoms with Gasteiger partial charge in [0.15, 0.2) is 0 Å². The van der Waals surface area contributed by atoms with Crippen molar-refractivity contribution in [1.29, 1.82) is 0 Å². The highest BCUT2D eigenvalue weighted by Gasteiger charge is 2.07. The Morgan fingerprint density at radius 3 is 3.00 bits per heavy atom. The lowest BCUT2D eigenvalue weighted by molar-refractivity contribution is 0.773. The van der Waals surface area contributed by atoms with Gasteiger partial charge in [0.2, 0.25) is 0 Å². The maximum atomic E-state index is 5.94. The zero-order chi connectivity index (χ0) is 13.0. The summed E-state index contributed by atoms with van der Waals surface area (Å²) in [5.74, 6) is 1.17. The number of nitrogens with one attached hydrogen (secondary N) is 1. The van der Waals surface area contributed by atoms with Crippen molar-refractivity contribution >= 4 is 34.0 Å². The molecule has 0 fully saturated rings. The average molecular weight is 261 g/mol. The first-order valence-electron chi connectivity index (χ1n) is 6.11. The highest BCUT2D eigenvalue weighted by Crippen LogP contribution is 2.26. The third-order valence-corrected chi connectivity index (χ3v) is 3.60. The van der Waals surface area contributed by atoms with Crippen LogP contribution in [0.3, 0.4) is 0 Å². The molecule has 0 spiro atoms. The van der Waals surface area contributed by atoms with Crippen LogP contribution in [0.2, 0.25) is 0 Å². The molecule has 1 unspecified atom stereocenters. The van der Waals surface area contributed by atoms with Crippen molar-refractivity contribution in [1.82, 2.24) is 4.98 Å². The van der Waals surface area contributed by atoms with Crippen molar-refractivity contribution in [2.24, 2.45) is 0 Å². The molecule has 2 rings (SSSR count). The SMILES string of the molecule is CSCCC(C)Nc1ccnc2c(N)cccc12. The Bertz CT molecular complexity index is 527. The molecular weight excluding hydrogens is 242 g/mol. The van der Waals surface area contributed by atoms with Crippen LogP contribution in [-0.4, -0.2) is 23.0 Å². The molecular formula is C14H19N3S. The summed E-state index contributed by atoms with van der Waals surface area (Å²) in [6, 6.07) is 8.37. The van der Waals surface area contributed by atoms with Gasteiger partial charge in [-0.1, -0.05) is 12.1 Å². The number of aromatic nitrogens is 1. The summed E-state index contributed by atoms with van der Waals surface area (Å²) < 4.78 is 0. The number of thioether (sulfide) groups is 1. The van der Waals surface area contributed by atoms with Crippen LogP contribution in [-0.2, 0) is 0 Å². The van der Waals surface area contributed by atoms with E-state index in [1.54, 1.807) is 0 Å². The van der Waals surface area contributed by atoms with E-state index in [-0.39, 0.29) is 0 Å². The van der Waals surface area contributed by atoms with Crippen LogP contribution in [0.15, 0.2) is 30.5 Å². The zero-order valence-electron chi connectivity index (χ0n) is 10.8. The van der Waals surface area contributed by atoms with Crippen molar-refractivity contribution in [2.45, 2.75) is 19.4 Å². The number of fused-ring (bicyclic) bond motifs is 1. The molecule has 4 heteroatoms. The molecule has 3 N–H and O–H groups in total. The molecule has 0 saturated heterocycles. The molecule has 0 aliphatic rings. The lowest BCUT2D eigenvalue weighted by atomic mass is 10.1. The van der Waals surface area contributed by atoms with Gasteiger partial charge in [-0.2, -0.15) is 11.8 Å². The Kier molecular flexibility index (Phi) is 4.31. The number of para-hydroxylation sites is 1. The largest absolute Gasteiger partial charge is 0.397 e. The van der Waals surface area contributed by atoms with E-state index in [0.29, 0.717) is 6.04 Å². The van der Waals surface area contributed by atoms with Crippen LogP contribution in [0, 0.1) is 0 Å². The number of nitrogens with two attached hydrogens (primary N) is 1. The molecule has 0 aliphatic carbocycles. The first-order valence-corrected chi connectivity index (χ1v) is 7.50. The second-order valence-corrected chi connectivity index (χ2v) is 5.41. The van der Waals surface area contributed by atoms with E-state index in [1.807, 2.05) is 36.2 Å². The molecule has 0 saturated carbocycles. The fourth-order valence-corrected chi connectivity index (χ4v) is 2.55. The summed E-state index contributed by atoms with van der Waals surface area (Å²) in [5, 5.41) is 4.63. The van der Waals surface area contributed by atoms with E-state index < -0.39 is 0 Å². The van der Waals surface area contributed by atoms with Crippen molar-refractivity contribution in [3.8, 4) is 0 Å². The van der Waals surface area contributed by atoms with Gasteiger partial charge in [-0.05, 0) is 37.5 Å². The molecule has 1 aromatic heterocycles. The van der Waals surface area contributed by atoms with E-state index >= 15 is 0 Å². The lowest BCUT2D eigenvalue weighted by Crippen LogP contribution is -2.16. The first-order chi connectivity index (χ1) is 8.72. The highest BCUT2D eigenvalue weighted by molar-refractivity contribution is 7.98. The van der Waals surface area contributed by atoms with Crippen molar-refractivity contribution in [2.75, 3.05) is 23.1 Å². The van der Waals surface area contributed by atoms with E-state index in [4.69, 9.17) is 5.73 Å². The number of benzene rings is 1. The van der Waals surface area contributed by atoms with Crippen LogP contribution in [0.1, 0.15) is 13.3 Å². The summed E-state index contributed by atoms with van der Waals surface area (Å²) >= 11 is 1.87. The molecule has 0 bridgehead atoms. The molecule has 3 nitrogen and oxygen atoms in total. The van der Waals surface area contributed by atoms with Gasteiger partial charge in [0.1, 0.15) is 0 Å². The van der Waals surface area contributed by atoms with Gasteiger partial charge in [0.25, 0.3) is 0 Å². The molecule has 0 aliphatic heterocycles. The Balaban J connectivity index is 2.25. The maximum Gasteiger partial charge on any atom is 0.0951 e. The zero-order valence-corrected chi connectivity index (χ0v) is 11.6. The topological polar surface area (TPSA) is 50.9 Å². The summed E-state index contributed by atoms with van der Waals surface area (Å²) in [5.41, 5.74) is 8.66. The Morgan fingerprint density at radius 1 is 1.39 bits per heavy atom. The summed E-state index contributed by atoms with van der Waals surface area (Å²) in [6.45, 7) is 2.20. The normalized spacial score (nSPS) is 12.6. The third-order valence-electron chi connectivity index (χ3n) is 2.96. The minimum absolute atomic E-state index is 0.449. The van der Waals surface area contributed by atoms with Gasteiger partial charge in [-0.15, -0.1) is 0 Å². The summed E-state index contributed by atoms with van der Waals surface area (Å²) in [7, 11) is 0. The molecule has 0 radical (unpaired) electrons. The fourth-order valence-electron chi connectivity index (χ4n) is 1.96. The van der Waals surface area contributed by atoms with E-state index in [0.717, 1.165) is 28.7 Å². The standard InChI is InChI=1S/C14H19N3S/c1-10(7-9-18-2)17-13-6-8-16-14-11(13)4-3-5-12(14)15/h3-6,8,10H,7,9,15H2,1-2H3,(H,16,17). The van der Waals surface area contributed by atoms with Crippen molar-refractivity contribution in [3.05, 3.63) is 30.5 Å². The molecule has 96 valence electrons. The number of nitrogens with zero attached hydrogens (tertiary/aromatic N) is 1. The van der Waals surface area contributed by atoms with Crippen LogP contribution in [0.4, 0.5) is 11.4 Å². The summed E-state index contributed by atoms with van der Waals surface area (Å²) in [6.07, 6.45) is 5.09. The predicted octanol–water partition coefficient (Wildman–Crippen LogP) is 3.37. The minimum Gasteiger partial charge on any atom is -0.397 e. The second kappa shape index (κ2) is 5.96. The number of anilines is 2. The molecule has 1 heterocycles. The number of nitrogen functional groups attached to an aromatic ring is 1. The smallest absolute Gasteiger partial charge is 0.0951 e. The van der Waals surface area contributed by atoms with Crippen molar-refractivity contribution < 1.29 is 0 Å². The van der Waals surface area contributed by atoms with Gasteiger partial charge in [0.05, 0.1) is 11.2 Å². The van der Waals surface area contributed by atoms with Crippen LogP contribution in [0.25, 0.3) is 10.9 Å². The molecule has 1 atom stereocenters. The van der Waals surface area contributed by atoms with Crippen molar-refractivity contribution in [3.63, 3.8) is 0 Å². The maximum absolute atomic E-state index is 5.94. The minimum atomic E-state index is 0.449. The lowest BCUT2D eigenvalue weighted by Gasteiger charge is -2.16. The van der Waals surface area contributed by atoms with Crippen LogP contribution < -0.4 is 11.1 Å². The number of pyridine rings is 1. The van der Waals surface area contributed by atoms with Crippen LogP contribution >= 0.6 is 11.8 Å². The van der Waals surface area contributed by atoms with E-state index in [1.165, 1.54) is 5.75 Å². The number of rotatable bonds is 5. The number of hydrogen-bond donors (Lipinski definition) is 2. The Labute approximate surface area is 112 Å². The Morgan fingerprint density at radius 2 is 2.22 bits per heavy atom. The molecule has 18 heavy (non-hydrogen) atoms. The number of hydrogen-bond acceptors (Lipinski definition) is 4. The fraction of sp³-hybridized carbons (Fsp3) is 0.357. The molecule has 1 aromatic carbocycles. The van der Waals surface area contributed by atoms with Gasteiger partial charge in [-0.3, -0.25) is 4.98 Å². The Hall–Kier alpha value is -1.42. The second-order valence-electron chi connectivity index (χ2n) is 4.43. The molecule has 0 amide bonds. The quantitative estimate of drug-likeness (QED) is 0.810. The highest BCUT2D eigenvalue weighted by atomic mass is 32.2. The monoisotopic (exact) mass is 261 g/mol. The third kappa shape index (κ3) is 2.88. The van der Waals surface area contributed by atoms with Gasteiger partial charge in [-0.25, -0.2) is 0 Å². The predicted molar refractivity (Wildman–Crippen MR) is 82.2 cm³/mol. The van der Waals surface area contributed by atoms with Gasteiger partial charge < -0.3 is 11.1 Å².